The molecule has 2 amide bonds. The molecule has 6 heteroatoms. The van der Waals surface area contributed by atoms with Gasteiger partial charge >= 0.3 is 0 Å². The normalized spacial score (nSPS) is 25.3. The van der Waals surface area contributed by atoms with E-state index in [1.165, 1.54) is 6.42 Å². The number of likely N-dealkylation sites (tertiary alicyclic amines) is 2. The van der Waals surface area contributed by atoms with Gasteiger partial charge in [-0.2, -0.15) is 0 Å². The van der Waals surface area contributed by atoms with Gasteiger partial charge in [0.25, 0.3) is 0 Å². The topological polar surface area (TPSA) is 65.8 Å². The highest BCUT2D eigenvalue weighted by atomic mass is 16.3. The lowest BCUT2D eigenvalue weighted by molar-refractivity contribution is -0.129. The van der Waals surface area contributed by atoms with Crippen molar-refractivity contribution < 1.29 is 14.0 Å². The van der Waals surface area contributed by atoms with E-state index in [0.717, 1.165) is 25.3 Å². The summed E-state index contributed by atoms with van der Waals surface area (Å²) in [4.78, 5) is 28.5. The van der Waals surface area contributed by atoms with Gasteiger partial charge in [0, 0.05) is 25.6 Å². The Morgan fingerprint density at radius 1 is 1.48 bits per heavy atom. The lowest BCUT2D eigenvalue weighted by Gasteiger charge is -2.23. The Bertz CT molecular complexity index is 543. The highest BCUT2D eigenvalue weighted by Crippen LogP contribution is 2.21. The van der Waals surface area contributed by atoms with E-state index in [9.17, 15) is 9.59 Å². The highest BCUT2D eigenvalue weighted by Gasteiger charge is 2.35. The number of likely N-dealkylation sites (N-methyl/N-ethyl adjacent to an activating group) is 1. The maximum atomic E-state index is 12.4. The fourth-order valence-electron chi connectivity index (χ4n) is 3.60. The molecule has 6 nitrogen and oxygen atoms in total. The van der Waals surface area contributed by atoms with Gasteiger partial charge in [0.05, 0.1) is 18.7 Å². The maximum Gasteiger partial charge on any atom is 0.225 e. The third kappa shape index (κ3) is 3.75. The lowest BCUT2D eigenvalue weighted by Crippen LogP contribution is -2.42. The first-order valence-electron chi connectivity index (χ1n) is 8.49. The first-order chi connectivity index (χ1) is 11.2. The van der Waals surface area contributed by atoms with E-state index in [2.05, 4.69) is 17.1 Å². The summed E-state index contributed by atoms with van der Waals surface area (Å²) in [5.41, 5.74) is 0. The number of nitrogens with one attached hydrogen (secondary N) is 1. The molecule has 0 radical (unpaired) electrons. The van der Waals surface area contributed by atoms with Crippen LogP contribution in [0, 0.1) is 5.92 Å². The van der Waals surface area contributed by atoms with Crippen LogP contribution in [0.1, 0.15) is 31.9 Å². The van der Waals surface area contributed by atoms with Gasteiger partial charge in [0.2, 0.25) is 11.8 Å². The highest BCUT2D eigenvalue weighted by molar-refractivity contribution is 5.89. The number of nitrogens with zero attached hydrogens (tertiary/aromatic N) is 2. The monoisotopic (exact) mass is 319 g/mol. The molecule has 2 fully saturated rings. The van der Waals surface area contributed by atoms with Crippen molar-refractivity contribution in [3.8, 4) is 0 Å². The molecular weight excluding hydrogens is 294 g/mol. The Hall–Kier alpha value is -1.82. The summed E-state index contributed by atoms with van der Waals surface area (Å²) in [6.45, 7) is 5.92. The van der Waals surface area contributed by atoms with E-state index in [1.54, 1.807) is 17.2 Å². The zero-order valence-electron chi connectivity index (χ0n) is 13.7. The molecule has 0 bridgehead atoms. The zero-order valence-corrected chi connectivity index (χ0v) is 13.7. The molecule has 0 aliphatic carbocycles. The van der Waals surface area contributed by atoms with Gasteiger partial charge in [-0.15, -0.1) is 0 Å². The second-order valence-electron chi connectivity index (χ2n) is 6.42. The van der Waals surface area contributed by atoms with Crippen LogP contribution in [0.5, 0.6) is 0 Å². The SMILES string of the molecule is CCN1CCCC1CNC(=O)C1CC(=O)N(Cc2ccco2)C1. The molecule has 2 unspecified atom stereocenters. The summed E-state index contributed by atoms with van der Waals surface area (Å²) in [5.74, 6) is 0.541. The maximum absolute atomic E-state index is 12.4. The summed E-state index contributed by atoms with van der Waals surface area (Å²) in [7, 11) is 0. The van der Waals surface area contributed by atoms with E-state index in [0.29, 0.717) is 32.1 Å². The Kier molecular flexibility index (Phi) is 5.00. The van der Waals surface area contributed by atoms with Crippen molar-refractivity contribution in [3.63, 3.8) is 0 Å². The van der Waals surface area contributed by atoms with Crippen LogP contribution in [0.25, 0.3) is 0 Å². The lowest BCUT2D eigenvalue weighted by atomic mass is 10.1. The molecule has 2 saturated heterocycles. The van der Waals surface area contributed by atoms with Crippen LogP contribution in [0.4, 0.5) is 0 Å². The van der Waals surface area contributed by atoms with E-state index >= 15 is 0 Å². The zero-order chi connectivity index (χ0) is 16.2. The van der Waals surface area contributed by atoms with E-state index < -0.39 is 0 Å². The number of hydrogen-bond donors (Lipinski definition) is 1. The first kappa shape index (κ1) is 16.1. The molecule has 1 N–H and O–H groups in total. The number of hydrogen-bond acceptors (Lipinski definition) is 4. The first-order valence-corrected chi connectivity index (χ1v) is 8.49. The van der Waals surface area contributed by atoms with Crippen molar-refractivity contribution in [1.29, 1.82) is 0 Å². The van der Waals surface area contributed by atoms with Gasteiger partial charge in [-0.25, -0.2) is 0 Å². The molecule has 2 aliphatic rings. The fraction of sp³-hybridized carbons (Fsp3) is 0.647. The van der Waals surface area contributed by atoms with Crippen molar-refractivity contribution in [1.82, 2.24) is 15.1 Å². The quantitative estimate of drug-likeness (QED) is 0.856. The molecule has 0 saturated carbocycles. The van der Waals surface area contributed by atoms with Crippen molar-refractivity contribution >= 4 is 11.8 Å². The van der Waals surface area contributed by atoms with Crippen LogP contribution < -0.4 is 5.32 Å². The third-order valence-corrected chi connectivity index (χ3v) is 4.93. The third-order valence-electron chi connectivity index (χ3n) is 4.93. The Balaban J connectivity index is 1.47. The van der Waals surface area contributed by atoms with Crippen molar-refractivity contribution in [2.75, 3.05) is 26.2 Å². The second kappa shape index (κ2) is 7.17. The summed E-state index contributed by atoms with van der Waals surface area (Å²) >= 11 is 0. The molecule has 0 spiro atoms. The van der Waals surface area contributed by atoms with Gasteiger partial charge in [-0.1, -0.05) is 6.92 Å². The summed E-state index contributed by atoms with van der Waals surface area (Å²) in [6.07, 6.45) is 4.24. The summed E-state index contributed by atoms with van der Waals surface area (Å²) in [6, 6.07) is 4.10. The minimum absolute atomic E-state index is 0.00301. The van der Waals surface area contributed by atoms with Gasteiger partial charge in [-0.3, -0.25) is 14.5 Å². The van der Waals surface area contributed by atoms with E-state index in [1.807, 2.05) is 6.07 Å². The molecule has 1 aromatic heterocycles. The van der Waals surface area contributed by atoms with Crippen LogP contribution in [-0.2, 0) is 16.1 Å². The Morgan fingerprint density at radius 2 is 2.35 bits per heavy atom. The molecular formula is C17H25N3O3. The minimum Gasteiger partial charge on any atom is -0.467 e. The van der Waals surface area contributed by atoms with Crippen molar-refractivity contribution in [2.45, 2.75) is 38.8 Å². The van der Waals surface area contributed by atoms with Gasteiger partial charge in [-0.05, 0) is 38.1 Å². The fourth-order valence-corrected chi connectivity index (χ4v) is 3.60. The summed E-state index contributed by atoms with van der Waals surface area (Å²) < 4.78 is 5.28. The van der Waals surface area contributed by atoms with Crippen LogP contribution >= 0.6 is 0 Å². The number of amides is 2. The van der Waals surface area contributed by atoms with Gasteiger partial charge < -0.3 is 14.6 Å². The molecule has 2 aliphatic heterocycles. The number of rotatable bonds is 6. The largest absolute Gasteiger partial charge is 0.467 e. The number of carbonyl (C=O) groups is 2. The average Bonchev–Trinajstić information content (AvgIpc) is 3.27. The van der Waals surface area contributed by atoms with Crippen LogP contribution in [0.2, 0.25) is 0 Å². The second-order valence-corrected chi connectivity index (χ2v) is 6.42. The predicted molar refractivity (Wildman–Crippen MR) is 85.5 cm³/mol. The minimum atomic E-state index is -0.242. The standard InChI is InChI=1S/C17H25N3O3/c1-2-19-7-3-5-14(19)10-18-17(22)13-9-16(21)20(11-13)12-15-6-4-8-23-15/h4,6,8,13-14H,2-3,5,7,9-12H2,1H3,(H,18,22). The van der Waals surface area contributed by atoms with E-state index in [4.69, 9.17) is 4.42 Å². The molecule has 126 valence electrons. The van der Waals surface area contributed by atoms with Crippen LogP contribution in [0.3, 0.4) is 0 Å². The molecule has 1 aromatic rings. The van der Waals surface area contributed by atoms with Crippen molar-refractivity contribution in [3.05, 3.63) is 24.2 Å². The Labute approximate surface area is 136 Å². The average molecular weight is 319 g/mol. The molecule has 3 rings (SSSR count). The van der Waals surface area contributed by atoms with Crippen LogP contribution in [0.15, 0.2) is 22.8 Å². The molecule has 2 atom stereocenters. The predicted octanol–water partition coefficient (Wildman–Crippen LogP) is 1.23. The van der Waals surface area contributed by atoms with E-state index in [-0.39, 0.29) is 17.7 Å². The van der Waals surface area contributed by atoms with Crippen molar-refractivity contribution in [2.24, 2.45) is 5.92 Å². The van der Waals surface area contributed by atoms with Crippen LogP contribution in [-0.4, -0.2) is 53.8 Å². The Morgan fingerprint density at radius 3 is 3.09 bits per heavy atom. The molecule has 23 heavy (non-hydrogen) atoms. The molecule has 0 aromatic carbocycles. The smallest absolute Gasteiger partial charge is 0.225 e. The van der Waals surface area contributed by atoms with Gasteiger partial charge in [0.1, 0.15) is 5.76 Å². The van der Waals surface area contributed by atoms with Gasteiger partial charge in [0.15, 0.2) is 0 Å². The molecule has 3 heterocycles. The number of furan rings is 1. The number of carbonyl (C=O) groups excluding carboxylic acids is 2. The summed E-state index contributed by atoms with van der Waals surface area (Å²) in [5, 5.41) is 3.05.